The smallest absolute Gasteiger partial charge is 0.352 e. The van der Waals surface area contributed by atoms with Gasteiger partial charge in [0.2, 0.25) is 5.91 Å². The van der Waals surface area contributed by atoms with Crippen molar-refractivity contribution in [1.82, 2.24) is 10.2 Å². The van der Waals surface area contributed by atoms with Crippen LogP contribution in [0.3, 0.4) is 0 Å². The molecule has 2 aliphatic heterocycles. The third-order valence-electron chi connectivity index (χ3n) is 10.1. The molecule has 1 aliphatic carbocycles. The molecule has 9 heteroatoms. The van der Waals surface area contributed by atoms with Gasteiger partial charge in [-0.25, -0.2) is 4.79 Å². The summed E-state index contributed by atoms with van der Waals surface area (Å²) in [7, 11) is 0. The van der Waals surface area contributed by atoms with E-state index in [9.17, 15) is 19.5 Å². The Bertz CT molecular complexity index is 2010. The van der Waals surface area contributed by atoms with Crippen molar-refractivity contribution in [2.75, 3.05) is 11.5 Å². The van der Waals surface area contributed by atoms with Crippen LogP contribution in [0.2, 0.25) is 0 Å². The quantitative estimate of drug-likeness (QED) is 0.0646. The molecule has 276 valence electrons. The summed E-state index contributed by atoms with van der Waals surface area (Å²) in [5.41, 5.74) is 5.11. The second-order valence-electron chi connectivity index (χ2n) is 14.8. The number of nitrogens with one attached hydrogen (secondary N) is 1. The standard InChI is InChI=1S/C45H44N2O5S2/c1-44(2,3)32-21-25-37(26-22-32)53-28-31-29-54-42-39(41(49)47(42)40(31)43(50)51)46-38(48)27-30-19-23-36(24-20-30)52-45(33-13-7-4-8-14-33,34-15-9-5-10-16-34)35-17-11-6-12-18-35/h4-19,21-22,24-26,39,42H,20,23,27-29H2,1-3H3,(H,46,48)(H,50,51)/t39?,42-/m1/s1. The van der Waals surface area contributed by atoms with E-state index in [0.717, 1.165) is 32.9 Å². The summed E-state index contributed by atoms with van der Waals surface area (Å²) in [6.45, 7) is 6.50. The van der Waals surface area contributed by atoms with Crippen LogP contribution in [0.4, 0.5) is 0 Å². The van der Waals surface area contributed by atoms with Crippen LogP contribution in [0.1, 0.15) is 62.3 Å². The van der Waals surface area contributed by atoms with Gasteiger partial charge in [-0.1, -0.05) is 136 Å². The summed E-state index contributed by atoms with van der Waals surface area (Å²) < 4.78 is 7.06. The maximum absolute atomic E-state index is 13.4. The summed E-state index contributed by atoms with van der Waals surface area (Å²) in [4.78, 5) is 41.5. The Morgan fingerprint density at radius 2 is 1.39 bits per heavy atom. The van der Waals surface area contributed by atoms with Crippen molar-refractivity contribution in [1.29, 1.82) is 0 Å². The number of allylic oxidation sites excluding steroid dienone is 2. The molecule has 0 spiro atoms. The molecule has 4 aromatic carbocycles. The first kappa shape index (κ1) is 37.3. The summed E-state index contributed by atoms with van der Waals surface area (Å²) in [5, 5.41) is 12.6. The molecule has 1 fully saturated rings. The minimum Gasteiger partial charge on any atom is -0.477 e. The average molecular weight is 757 g/mol. The van der Waals surface area contributed by atoms with E-state index in [-0.39, 0.29) is 29.3 Å². The first-order valence-corrected chi connectivity index (χ1v) is 20.2. The highest BCUT2D eigenvalue weighted by molar-refractivity contribution is 8.01. The number of hydrogen-bond acceptors (Lipinski definition) is 6. The minimum atomic E-state index is -1.12. The highest BCUT2D eigenvalue weighted by Crippen LogP contribution is 2.44. The SMILES string of the molecule is CC(C)(C)c1ccc(SCC2=C(C(=O)O)N3C(=O)C(NC(=O)CC4=CCC(OC(c5ccccc5)(c5ccccc5)c5ccccc5)=CC4)[C@H]3SC2)cc1. The maximum atomic E-state index is 13.4. The molecule has 0 saturated carbocycles. The van der Waals surface area contributed by atoms with E-state index >= 15 is 0 Å². The second kappa shape index (κ2) is 15.8. The largest absolute Gasteiger partial charge is 0.477 e. The molecule has 0 bridgehead atoms. The first-order chi connectivity index (χ1) is 26.0. The van der Waals surface area contributed by atoms with Crippen LogP contribution >= 0.6 is 23.5 Å². The van der Waals surface area contributed by atoms with Gasteiger partial charge in [0.15, 0.2) is 5.60 Å². The van der Waals surface area contributed by atoms with Crippen LogP contribution in [-0.2, 0) is 30.1 Å². The molecule has 0 radical (unpaired) electrons. The third-order valence-corrected chi connectivity index (χ3v) is 12.5. The zero-order valence-electron chi connectivity index (χ0n) is 30.7. The zero-order valence-corrected chi connectivity index (χ0v) is 32.3. The average Bonchev–Trinajstić information content (AvgIpc) is 3.19. The number of amides is 2. The van der Waals surface area contributed by atoms with Gasteiger partial charge in [0.05, 0.1) is 5.76 Å². The van der Waals surface area contributed by atoms with Crippen molar-refractivity contribution in [3.8, 4) is 0 Å². The van der Waals surface area contributed by atoms with Gasteiger partial charge >= 0.3 is 5.97 Å². The molecule has 2 N–H and O–H groups in total. The Balaban J connectivity index is 0.991. The van der Waals surface area contributed by atoms with Crippen molar-refractivity contribution < 1.29 is 24.2 Å². The van der Waals surface area contributed by atoms with Crippen molar-refractivity contribution in [2.45, 2.75) is 67.4 Å². The number of thioether (sulfide) groups is 2. The summed E-state index contributed by atoms with van der Waals surface area (Å²) >= 11 is 3.06. The number of aliphatic carboxylic acids is 1. The number of fused-ring (bicyclic) bond motifs is 1. The lowest BCUT2D eigenvalue weighted by Gasteiger charge is -2.49. The Morgan fingerprint density at radius 1 is 0.815 bits per heavy atom. The molecule has 2 amide bonds. The molecular weight excluding hydrogens is 713 g/mol. The fourth-order valence-electron chi connectivity index (χ4n) is 7.22. The van der Waals surface area contributed by atoms with Crippen LogP contribution in [0.5, 0.6) is 0 Å². The highest BCUT2D eigenvalue weighted by atomic mass is 32.2. The minimum absolute atomic E-state index is 0.0401. The van der Waals surface area contributed by atoms with E-state index in [1.54, 1.807) is 11.8 Å². The lowest BCUT2D eigenvalue weighted by Crippen LogP contribution is -2.70. The monoisotopic (exact) mass is 756 g/mol. The fraction of sp³-hybridized carbons (Fsp3) is 0.267. The van der Waals surface area contributed by atoms with E-state index < -0.39 is 23.0 Å². The number of benzene rings is 4. The molecule has 7 nitrogen and oxygen atoms in total. The molecular formula is C45H44N2O5S2. The van der Waals surface area contributed by atoms with Crippen molar-refractivity contribution in [2.24, 2.45) is 0 Å². The number of carbonyl (C=O) groups is 3. The summed E-state index contributed by atoms with van der Waals surface area (Å²) in [6, 6.07) is 38.2. The fourth-order valence-corrected chi connectivity index (χ4v) is 9.61. The number of carboxylic acid groups (broad SMARTS) is 1. The predicted molar refractivity (Wildman–Crippen MR) is 216 cm³/mol. The van der Waals surface area contributed by atoms with E-state index in [4.69, 9.17) is 4.74 Å². The molecule has 3 aliphatic rings. The lowest BCUT2D eigenvalue weighted by atomic mass is 9.80. The number of β-lactam (4-membered cyclic amide) rings is 1. The van der Waals surface area contributed by atoms with Gasteiger partial charge in [0.25, 0.3) is 5.91 Å². The van der Waals surface area contributed by atoms with E-state index in [1.807, 2.05) is 66.7 Å². The van der Waals surface area contributed by atoms with Gasteiger partial charge in [-0.15, -0.1) is 23.5 Å². The number of nitrogens with zero attached hydrogens (tertiary/aromatic N) is 1. The number of rotatable bonds is 12. The Labute approximate surface area is 325 Å². The number of ether oxygens (including phenoxy) is 1. The van der Waals surface area contributed by atoms with Gasteiger partial charge in [0, 0.05) is 45.9 Å². The molecule has 1 unspecified atom stereocenters. The lowest BCUT2D eigenvalue weighted by molar-refractivity contribution is -0.150. The van der Waals surface area contributed by atoms with E-state index in [0.29, 0.717) is 29.9 Å². The molecule has 0 aromatic heterocycles. The molecule has 54 heavy (non-hydrogen) atoms. The number of carboxylic acids is 1. The Morgan fingerprint density at radius 3 is 1.89 bits per heavy atom. The molecule has 2 atom stereocenters. The summed E-state index contributed by atoms with van der Waals surface area (Å²) in [5.74, 6) is -0.0146. The number of hydrogen-bond donors (Lipinski definition) is 2. The van der Waals surface area contributed by atoms with Gasteiger partial charge in [0.1, 0.15) is 17.1 Å². The summed E-state index contributed by atoms with van der Waals surface area (Å²) in [6.07, 6.45) is 5.27. The topological polar surface area (TPSA) is 95.9 Å². The second-order valence-corrected chi connectivity index (χ2v) is 16.9. The zero-order chi connectivity index (χ0) is 37.9. The molecule has 7 rings (SSSR count). The van der Waals surface area contributed by atoms with Crippen molar-refractivity contribution >= 4 is 41.3 Å². The van der Waals surface area contributed by atoms with Crippen LogP contribution in [0.15, 0.2) is 155 Å². The van der Waals surface area contributed by atoms with Gasteiger partial charge < -0.3 is 15.2 Å². The number of carbonyl (C=O) groups excluding carboxylic acids is 2. The van der Waals surface area contributed by atoms with Gasteiger partial charge in [-0.2, -0.15) is 0 Å². The van der Waals surface area contributed by atoms with Crippen LogP contribution < -0.4 is 5.32 Å². The van der Waals surface area contributed by atoms with E-state index in [1.165, 1.54) is 22.2 Å². The first-order valence-electron chi connectivity index (χ1n) is 18.2. The molecule has 1 saturated heterocycles. The Hall–Kier alpha value is -4.99. The van der Waals surface area contributed by atoms with Crippen LogP contribution in [-0.4, -0.2) is 50.7 Å². The van der Waals surface area contributed by atoms with E-state index in [2.05, 4.69) is 86.8 Å². The normalized spacial score (nSPS) is 18.6. The molecule has 2 heterocycles. The molecule has 4 aromatic rings. The maximum Gasteiger partial charge on any atom is 0.352 e. The predicted octanol–water partition coefficient (Wildman–Crippen LogP) is 8.82. The van der Waals surface area contributed by atoms with Crippen molar-refractivity contribution in [3.63, 3.8) is 0 Å². The highest BCUT2D eigenvalue weighted by Gasteiger charge is 2.54. The van der Waals surface area contributed by atoms with Gasteiger partial charge in [-0.3, -0.25) is 14.5 Å². The van der Waals surface area contributed by atoms with Crippen molar-refractivity contribution in [3.05, 3.63) is 172 Å². The van der Waals surface area contributed by atoms with Crippen LogP contribution in [0, 0.1) is 0 Å². The van der Waals surface area contributed by atoms with Gasteiger partial charge in [-0.05, 0) is 41.2 Å². The Kier molecular flexibility index (Phi) is 10.9. The third kappa shape index (κ3) is 7.66. The van der Waals surface area contributed by atoms with Crippen LogP contribution in [0.25, 0.3) is 0 Å².